The molecule has 11 aromatic rings. The highest BCUT2D eigenvalue weighted by molar-refractivity contribution is 6.32. The van der Waals surface area contributed by atoms with Gasteiger partial charge >= 0.3 is 6.18 Å². The van der Waals surface area contributed by atoms with Crippen LogP contribution in [0, 0.1) is 52.1 Å². The minimum absolute atomic E-state index is 0.0197. The lowest BCUT2D eigenvalue weighted by Crippen LogP contribution is -2.07. The van der Waals surface area contributed by atoms with Gasteiger partial charge in [-0.15, -0.1) is 0 Å². The quantitative estimate of drug-likeness (QED) is 0.0801. The molecule has 732 valence electrons. The minimum atomic E-state index is -4.32. The van der Waals surface area contributed by atoms with Crippen LogP contribution in [0.25, 0.3) is 0 Å². The highest BCUT2D eigenvalue weighted by Crippen LogP contribution is 2.37. The molecule has 0 amide bonds. The number of halogens is 15. The molecule has 0 unspecified atom stereocenters. The standard InChI is InChI=1S/C11H13ClF2.C11H15ClO.C11H16O2.C10H10ClF3.C10H13ClO.3C10H13Cl.C10H13FO.2C10H13F/c1-7(2)8-4-9(11(3,13)14)6-10(12)5-8;1-4-13-11-6-9(8(2)3)5-10(12)7-11;1-8(2)9-5-10(12-3)7-11(6-9)13-4;1-6(2)7-3-8(10(12,13)14)5-9(11)4-7;1-7(2)8-4-9(11)6-10(5-8)12-3;3*1-7(2)9-4-8(3)5-10(11)6-9;1-7(2)8-4-9(11)6-10(5-8)12-3;2*1-7(2)9-4-8(3)5-10(11)6-9/h4-7H,1-3H3;5-8H,4H2,1-3H3;5-8H,1-4H3;3-6H,1-2H3;4-7H,1-3H3;3*4-7H,1-3H3;4-7H,1-3H3;2*4-7H,1-3H3/i;4D2;;;;;;;;;. The van der Waals surface area contributed by atoms with E-state index in [0.717, 1.165) is 95.3 Å². The van der Waals surface area contributed by atoms with Crippen LogP contribution >= 0.6 is 81.2 Å². The molecule has 0 heterocycles. The molecule has 11 aromatic carbocycles. The molecule has 0 aliphatic carbocycles. The molecule has 0 bridgehead atoms. The number of aryl methyl sites for hydroxylation is 5. The van der Waals surface area contributed by atoms with Crippen molar-refractivity contribution in [2.45, 2.75) is 278 Å². The zero-order valence-electron chi connectivity index (χ0n) is 86.1. The minimum Gasteiger partial charge on any atom is -0.497 e. The van der Waals surface area contributed by atoms with Crippen molar-refractivity contribution in [3.05, 3.63) is 353 Å². The summed E-state index contributed by atoms with van der Waals surface area (Å²) >= 11 is 40.9. The number of alkyl halides is 5. The van der Waals surface area contributed by atoms with Crippen molar-refractivity contribution in [2.75, 3.05) is 35.0 Å². The normalized spacial score (nSPS) is 11.2. The fourth-order valence-electron chi connectivity index (χ4n) is 12.1. The van der Waals surface area contributed by atoms with Crippen molar-refractivity contribution in [3.63, 3.8) is 0 Å². The van der Waals surface area contributed by atoms with Crippen molar-refractivity contribution < 1.29 is 61.5 Å². The van der Waals surface area contributed by atoms with E-state index >= 15 is 0 Å². The molecule has 11 rings (SSSR count). The molecule has 0 atom stereocenters. The van der Waals surface area contributed by atoms with Gasteiger partial charge in [-0.3, -0.25) is 0 Å². The van der Waals surface area contributed by atoms with E-state index in [9.17, 15) is 35.1 Å². The van der Waals surface area contributed by atoms with Gasteiger partial charge in [0.15, 0.2) is 0 Å². The summed E-state index contributed by atoms with van der Waals surface area (Å²) in [6, 6.07) is 58.9. The van der Waals surface area contributed by atoms with E-state index in [4.69, 9.17) is 108 Å². The second kappa shape index (κ2) is 61.2. The van der Waals surface area contributed by atoms with Crippen LogP contribution in [-0.4, -0.2) is 35.0 Å². The van der Waals surface area contributed by atoms with Crippen LogP contribution in [0.4, 0.5) is 35.1 Å². The Hall–Kier alpha value is -8.11. The van der Waals surface area contributed by atoms with E-state index in [2.05, 4.69) is 150 Å². The van der Waals surface area contributed by atoms with Crippen molar-refractivity contribution in [3.8, 4) is 28.7 Å². The summed E-state index contributed by atoms with van der Waals surface area (Å²) in [5.74, 6) is 4.64. The first-order valence-electron chi connectivity index (χ1n) is 45.6. The highest BCUT2D eigenvalue weighted by atomic mass is 35.5. The predicted molar refractivity (Wildman–Crippen MR) is 556 cm³/mol. The maximum absolute atomic E-state index is 13.0. The summed E-state index contributed by atoms with van der Waals surface area (Å²) < 4.78 is 142. The monoisotopic (exact) mass is 1980 g/mol. The van der Waals surface area contributed by atoms with E-state index < -0.39 is 24.2 Å². The summed E-state index contributed by atoms with van der Waals surface area (Å²) in [7, 11) is 6.52. The third-order valence-corrected chi connectivity index (χ3v) is 21.6. The Labute approximate surface area is 831 Å². The lowest BCUT2D eigenvalue weighted by Gasteiger charge is -2.14. The van der Waals surface area contributed by atoms with Gasteiger partial charge in [0.05, 0.1) is 43.3 Å². The van der Waals surface area contributed by atoms with Crippen molar-refractivity contribution in [1.29, 1.82) is 0 Å². The molecule has 0 aliphatic heterocycles. The van der Waals surface area contributed by atoms with Crippen LogP contribution in [0.15, 0.2) is 200 Å². The Kier molecular flexibility index (Phi) is 54.8. The van der Waals surface area contributed by atoms with Gasteiger partial charge in [0, 0.05) is 59.8 Å². The average molecular weight is 1990 g/mol. The smallest absolute Gasteiger partial charge is 0.416 e. The van der Waals surface area contributed by atoms with Gasteiger partial charge in [-0.05, 0) is 353 Å². The highest BCUT2D eigenvalue weighted by Gasteiger charge is 2.31. The lowest BCUT2D eigenvalue weighted by atomic mass is 9.99. The third-order valence-electron chi connectivity index (χ3n) is 20.1. The van der Waals surface area contributed by atoms with E-state index in [-0.39, 0.29) is 39.9 Å². The van der Waals surface area contributed by atoms with Crippen LogP contribution in [-0.2, 0) is 12.1 Å². The molecular formula is C113H145Cl7F8O5. The fourth-order valence-corrected chi connectivity index (χ4v) is 14.0. The summed E-state index contributed by atoms with van der Waals surface area (Å²) in [5.41, 5.74) is 17.0. The van der Waals surface area contributed by atoms with Gasteiger partial charge in [0.1, 0.15) is 46.2 Å². The van der Waals surface area contributed by atoms with E-state index in [1.807, 2.05) is 159 Å². The topological polar surface area (TPSA) is 46.2 Å². The number of ether oxygens (including phenoxy) is 5. The predicted octanol–water partition coefficient (Wildman–Crippen LogP) is 40.0. The van der Waals surface area contributed by atoms with Gasteiger partial charge in [-0.1, -0.05) is 264 Å². The number of hydrogen-bond donors (Lipinski definition) is 0. The van der Waals surface area contributed by atoms with E-state index in [1.165, 1.54) is 75.7 Å². The summed E-state index contributed by atoms with van der Waals surface area (Å²) in [6.07, 6.45) is -4.32. The molecule has 0 saturated carbocycles. The molecule has 133 heavy (non-hydrogen) atoms. The van der Waals surface area contributed by atoms with Crippen LogP contribution in [0.3, 0.4) is 0 Å². The maximum atomic E-state index is 13.0. The molecule has 0 aromatic heterocycles. The Morgan fingerprint density at radius 2 is 0.429 bits per heavy atom. The lowest BCUT2D eigenvalue weighted by molar-refractivity contribution is -0.137. The number of methoxy groups -OCH3 is 4. The second-order valence-corrected chi connectivity index (χ2v) is 39.0. The summed E-state index contributed by atoms with van der Waals surface area (Å²) in [6.45, 7) is 56.1. The second-order valence-electron chi connectivity index (χ2n) is 36.0. The Morgan fingerprint density at radius 1 is 0.241 bits per heavy atom. The Bertz CT molecular complexity index is 4800. The van der Waals surface area contributed by atoms with Gasteiger partial charge in [-0.2, -0.15) is 13.2 Å². The van der Waals surface area contributed by atoms with Crippen LogP contribution < -0.4 is 23.7 Å². The summed E-state index contributed by atoms with van der Waals surface area (Å²) in [4.78, 5) is 0. The molecule has 20 heteroatoms. The molecule has 0 spiro atoms. The Morgan fingerprint density at radius 3 is 0.677 bits per heavy atom. The molecule has 0 N–H and O–H groups in total. The first-order chi connectivity index (χ1) is 62.3. The molecule has 0 radical (unpaired) electrons. The molecule has 0 fully saturated rings. The maximum Gasteiger partial charge on any atom is 0.416 e. The van der Waals surface area contributed by atoms with Crippen LogP contribution in [0.1, 0.15) is 334 Å². The Balaban J connectivity index is 0.000000744. The number of hydrogen-bond acceptors (Lipinski definition) is 5. The number of rotatable bonds is 18. The van der Waals surface area contributed by atoms with Crippen molar-refractivity contribution in [1.82, 2.24) is 0 Å². The SMILES string of the molecule is CC(C)c1cc(Cl)cc(C(C)(F)F)c1.CC(C)c1cc(Cl)cc(C(F)(F)F)c1.COc1cc(Cl)cc(C(C)C)c1.COc1cc(F)cc(C(C)C)c1.COc1cc(OC)cc(C(C)C)c1.Cc1cc(Cl)cc(C(C)C)c1.Cc1cc(Cl)cc(C(C)C)c1.Cc1cc(Cl)cc(C(C)C)c1.Cc1cc(F)cc(C(C)C)c1.Cc1cc(F)cc(C(C)C)c1.[2H]C([2H])(C)Oc1cc(Cl)cc(C(C)C)c1. The first-order valence-corrected chi connectivity index (χ1v) is 47.3. The van der Waals surface area contributed by atoms with Crippen molar-refractivity contribution in [2.24, 2.45) is 0 Å². The molecular weight excluding hydrogens is 1840 g/mol. The first kappa shape index (κ1) is 119. The zero-order valence-corrected chi connectivity index (χ0v) is 89.4. The van der Waals surface area contributed by atoms with Crippen LogP contribution in [0.5, 0.6) is 28.7 Å². The van der Waals surface area contributed by atoms with Gasteiger partial charge in [-0.25, -0.2) is 22.0 Å². The van der Waals surface area contributed by atoms with Crippen LogP contribution in [0.2, 0.25) is 35.2 Å². The summed E-state index contributed by atoms with van der Waals surface area (Å²) in [5, 5.41) is 4.32. The van der Waals surface area contributed by atoms with Gasteiger partial charge < -0.3 is 23.7 Å². The average Bonchev–Trinajstić information content (AvgIpc) is 0.827. The van der Waals surface area contributed by atoms with Gasteiger partial charge in [0.2, 0.25) is 0 Å². The molecule has 0 aliphatic rings. The zero-order chi connectivity index (χ0) is 104. The molecule has 5 nitrogen and oxygen atoms in total. The van der Waals surface area contributed by atoms with E-state index in [0.29, 0.717) is 80.4 Å². The van der Waals surface area contributed by atoms with E-state index in [1.54, 1.807) is 70.9 Å². The van der Waals surface area contributed by atoms with Crippen molar-refractivity contribution >= 4 is 81.2 Å². The van der Waals surface area contributed by atoms with Gasteiger partial charge in [0.25, 0.3) is 5.92 Å². The molecule has 0 saturated heterocycles. The fraction of sp³-hybridized carbons (Fsp3) is 0.416. The number of benzene rings is 11. The third kappa shape index (κ3) is 50.5. The largest absolute Gasteiger partial charge is 0.497 e.